The largest absolute Gasteiger partial charge is 0.472 e. The van der Waals surface area contributed by atoms with Crippen LogP contribution < -0.4 is 0 Å². The topological polar surface area (TPSA) is 52.9 Å². The summed E-state index contributed by atoms with van der Waals surface area (Å²) in [6, 6.07) is 20.7. The van der Waals surface area contributed by atoms with E-state index in [4.69, 9.17) is 19.3 Å². The summed E-state index contributed by atoms with van der Waals surface area (Å²) in [7, 11) is -5.95. The summed E-state index contributed by atoms with van der Waals surface area (Å²) in [5.41, 5.74) is 2.30. The van der Waals surface area contributed by atoms with Gasteiger partial charge in [0, 0.05) is 51.5 Å². The van der Waals surface area contributed by atoms with Crippen LogP contribution in [0.15, 0.2) is 70.0 Å². The minimum absolute atomic E-state index is 0. The number of benzene rings is 2. The summed E-state index contributed by atoms with van der Waals surface area (Å²) >= 11 is 0. The summed E-state index contributed by atoms with van der Waals surface area (Å²) in [5.74, 6) is 1.92. The van der Waals surface area contributed by atoms with Crippen LogP contribution in [-0.2, 0) is 18.6 Å². The van der Waals surface area contributed by atoms with E-state index < -0.39 is 32.9 Å². The van der Waals surface area contributed by atoms with Crippen LogP contribution in [0.2, 0.25) is 78.6 Å². The molecule has 36 heavy (non-hydrogen) atoms. The van der Waals surface area contributed by atoms with Gasteiger partial charge in [-0.15, -0.1) is 0 Å². The Hall–Kier alpha value is -1.17. The summed E-state index contributed by atoms with van der Waals surface area (Å²) in [6.45, 7) is 26.9. The third-order valence-corrected chi connectivity index (χ3v) is 7.36. The van der Waals surface area contributed by atoms with Crippen LogP contribution in [-0.4, -0.2) is 44.6 Å². The van der Waals surface area contributed by atoms with E-state index in [1.807, 2.05) is 12.1 Å². The normalized spacial score (nSPS) is 12.9. The first kappa shape index (κ1) is 37.0. The first-order valence-corrected chi connectivity index (χ1v) is 25.9. The van der Waals surface area contributed by atoms with Gasteiger partial charge < -0.3 is 26.7 Å². The van der Waals surface area contributed by atoms with Crippen molar-refractivity contribution in [2.45, 2.75) is 78.6 Å². The maximum Gasteiger partial charge on any atom is 0.0438 e. The minimum atomic E-state index is -1.49. The molecule has 4 nitrogen and oxygen atoms in total. The number of rotatable bonds is 6. The molecule has 0 saturated carbocycles. The summed E-state index contributed by atoms with van der Waals surface area (Å²) < 4.78 is 9.78. The predicted molar refractivity (Wildman–Crippen MR) is 172 cm³/mol. The van der Waals surface area contributed by atoms with Gasteiger partial charge >= 0.3 is 0 Å². The smallest absolute Gasteiger partial charge is 0.0438 e. The van der Waals surface area contributed by atoms with Crippen molar-refractivity contribution < 1.29 is 18.6 Å². The van der Waals surface area contributed by atoms with Crippen molar-refractivity contribution in [1.29, 1.82) is 0 Å². The first-order valence-electron chi connectivity index (χ1n) is 12.1. The molecule has 0 unspecified atom stereocenters. The molecular weight excluding hydrogens is 544 g/mol. The molecule has 2 aromatic carbocycles. The van der Waals surface area contributed by atoms with E-state index in [-0.39, 0.29) is 26.0 Å². The van der Waals surface area contributed by atoms with E-state index in [0.29, 0.717) is 0 Å². The standard InChI is InChI=1S/2C13H23N2Si2.CH3.V/c2*1-16(2,3)14-13(15-17(4,5)6)12-10-8-7-9-11-12;;/h2*7-11H,1-6H3;1H3;/q3*-1;. The molecule has 0 N–H and O–H groups in total. The number of amidine groups is 2. The molecule has 0 atom stereocenters. The fourth-order valence-corrected chi connectivity index (χ4v) is 6.21. The van der Waals surface area contributed by atoms with Crippen molar-refractivity contribution in [2.75, 3.05) is 0 Å². The van der Waals surface area contributed by atoms with Gasteiger partial charge in [0.2, 0.25) is 0 Å². The van der Waals surface area contributed by atoms with Crippen molar-refractivity contribution in [3.05, 3.63) is 89.2 Å². The molecule has 2 aromatic rings. The van der Waals surface area contributed by atoms with Crippen molar-refractivity contribution in [1.82, 2.24) is 0 Å². The van der Waals surface area contributed by atoms with E-state index in [2.05, 4.69) is 127 Å². The van der Waals surface area contributed by atoms with Gasteiger partial charge in [-0.3, -0.25) is 0 Å². The molecule has 0 amide bonds. The molecule has 0 aliphatic rings. The van der Waals surface area contributed by atoms with Crippen LogP contribution in [0.25, 0.3) is 9.96 Å². The quantitative estimate of drug-likeness (QED) is 0.139. The molecule has 0 saturated heterocycles. The number of nitrogens with zero attached hydrogens (tertiary/aromatic N) is 4. The summed E-state index contributed by atoms with van der Waals surface area (Å²) in [4.78, 5) is 9.78. The van der Waals surface area contributed by atoms with Crippen LogP contribution >= 0.6 is 0 Å². The van der Waals surface area contributed by atoms with Gasteiger partial charge in [-0.1, -0.05) is 151 Å². The third-order valence-electron chi connectivity index (χ3n) is 3.83. The Morgan fingerprint density at radius 3 is 0.944 bits per heavy atom. The van der Waals surface area contributed by atoms with E-state index in [1.165, 1.54) is 0 Å². The zero-order valence-electron chi connectivity index (χ0n) is 25.0. The summed E-state index contributed by atoms with van der Waals surface area (Å²) in [6.07, 6.45) is 0. The Bertz CT molecular complexity index is 859. The van der Waals surface area contributed by atoms with Crippen molar-refractivity contribution in [2.24, 2.45) is 9.32 Å². The molecular formula is C27H49N4Si4V-3. The maximum atomic E-state index is 4.89. The van der Waals surface area contributed by atoms with E-state index in [1.54, 1.807) is 0 Å². The Balaban J connectivity index is 0. The SMILES string of the molecule is C[Si](C)(C)/N=C(/[N-][Si](C)(C)C)c1ccccc1.C[Si](C)(C)/N=C(/[N-][Si](C)(C)C)c1ccccc1.[CH3-].[V]. The van der Waals surface area contributed by atoms with Gasteiger partial charge in [-0.2, -0.15) is 0 Å². The number of hydrogen-bond donors (Lipinski definition) is 0. The molecule has 0 aliphatic heterocycles. The van der Waals surface area contributed by atoms with Crippen LogP contribution in [0, 0.1) is 7.43 Å². The Morgan fingerprint density at radius 2 is 0.750 bits per heavy atom. The fraction of sp³-hybridized carbons (Fsp3) is 0.444. The zero-order chi connectivity index (χ0) is 26.2. The van der Waals surface area contributed by atoms with Crippen LogP contribution in [0.1, 0.15) is 11.1 Å². The minimum Gasteiger partial charge on any atom is -0.472 e. The third kappa shape index (κ3) is 18.1. The van der Waals surface area contributed by atoms with Gasteiger partial charge in [-0.05, 0) is 11.1 Å². The monoisotopic (exact) mass is 592 g/mol. The van der Waals surface area contributed by atoms with Crippen LogP contribution in [0.5, 0.6) is 0 Å². The van der Waals surface area contributed by atoms with Crippen LogP contribution in [0.4, 0.5) is 0 Å². The predicted octanol–water partition coefficient (Wildman–Crippen LogP) is 9.40. The van der Waals surface area contributed by atoms with Crippen molar-refractivity contribution >= 4 is 44.6 Å². The molecule has 201 valence electrons. The fourth-order valence-electron chi connectivity index (χ4n) is 2.75. The second-order valence-corrected chi connectivity index (χ2v) is 30.8. The molecule has 0 fully saturated rings. The average molecular weight is 593 g/mol. The number of hydrogen-bond acceptors (Lipinski definition) is 2. The molecule has 2 rings (SSSR count). The summed E-state index contributed by atoms with van der Waals surface area (Å²) in [5, 5.41) is 0. The van der Waals surface area contributed by atoms with Gasteiger partial charge in [0.05, 0.1) is 0 Å². The van der Waals surface area contributed by atoms with E-state index >= 15 is 0 Å². The van der Waals surface area contributed by atoms with Gasteiger partial charge in [0.15, 0.2) is 0 Å². The first-order chi connectivity index (χ1) is 15.3. The molecule has 0 aliphatic carbocycles. The Kier molecular flexibility index (Phi) is 15.7. The average Bonchev–Trinajstić information content (AvgIpc) is 2.64. The maximum absolute atomic E-state index is 4.89. The molecule has 0 aromatic heterocycles. The molecule has 0 heterocycles. The Labute approximate surface area is 239 Å². The zero-order valence-corrected chi connectivity index (χ0v) is 30.4. The van der Waals surface area contributed by atoms with Crippen LogP contribution in [0.3, 0.4) is 0 Å². The second-order valence-electron chi connectivity index (χ2n) is 12.5. The van der Waals surface area contributed by atoms with Gasteiger partial charge in [0.25, 0.3) is 0 Å². The van der Waals surface area contributed by atoms with E-state index in [0.717, 1.165) is 22.8 Å². The van der Waals surface area contributed by atoms with Gasteiger partial charge in [-0.25, -0.2) is 0 Å². The van der Waals surface area contributed by atoms with Crippen molar-refractivity contribution in [3.63, 3.8) is 0 Å². The molecule has 0 spiro atoms. The van der Waals surface area contributed by atoms with Crippen molar-refractivity contribution in [3.8, 4) is 0 Å². The van der Waals surface area contributed by atoms with Gasteiger partial charge in [0.1, 0.15) is 0 Å². The van der Waals surface area contributed by atoms with E-state index in [9.17, 15) is 0 Å². The molecule has 1 radical (unpaired) electrons. The second kappa shape index (κ2) is 15.3. The Morgan fingerprint density at radius 1 is 0.500 bits per heavy atom. The molecule has 9 heteroatoms. The molecule has 0 bridgehead atoms.